The van der Waals surface area contributed by atoms with Crippen LogP contribution in [-0.4, -0.2) is 42.7 Å². The van der Waals surface area contributed by atoms with E-state index in [1.54, 1.807) is 26.0 Å². The molecule has 10 nitrogen and oxygen atoms in total. The van der Waals surface area contributed by atoms with Gasteiger partial charge in [0.2, 0.25) is 15.8 Å². The maximum atomic E-state index is 12.0. The van der Waals surface area contributed by atoms with Crippen LogP contribution in [0.1, 0.15) is 28.8 Å². The fourth-order valence-electron chi connectivity index (χ4n) is 2.58. The summed E-state index contributed by atoms with van der Waals surface area (Å²) in [5.74, 6) is -0.362. The van der Waals surface area contributed by atoms with E-state index >= 15 is 0 Å². The van der Waals surface area contributed by atoms with E-state index in [2.05, 4.69) is 20.4 Å². The molecule has 3 rings (SSSR count). The predicted molar refractivity (Wildman–Crippen MR) is 100 cm³/mol. The van der Waals surface area contributed by atoms with Crippen molar-refractivity contribution in [3.8, 4) is 0 Å². The van der Waals surface area contributed by atoms with Gasteiger partial charge in [0.25, 0.3) is 5.71 Å². The minimum Gasteiger partial charge on any atom is -0.460 e. The lowest BCUT2D eigenvalue weighted by molar-refractivity contribution is 0.0512. The van der Waals surface area contributed by atoms with Crippen molar-refractivity contribution in [2.75, 3.05) is 18.5 Å². The number of sulfonamides is 1. The summed E-state index contributed by atoms with van der Waals surface area (Å²) >= 11 is 0. The summed E-state index contributed by atoms with van der Waals surface area (Å²) in [5.41, 5.74) is 1.68. The maximum absolute atomic E-state index is 12.0. The molecule has 0 spiro atoms. The molecule has 0 aliphatic heterocycles. The maximum Gasteiger partial charge on any atom is 0.376 e. The van der Waals surface area contributed by atoms with E-state index < -0.39 is 16.0 Å². The largest absolute Gasteiger partial charge is 0.460 e. The third-order valence-corrected chi connectivity index (χ3v) is 4.85. The normalized spacial score (nSPS) is 11.5. The minimum absolute atomic E-state index is 0.0564. The van der Waals surface area contributed by atoms with E-state index in [0.29, 0.717) is 29.9 Å². The monoisotopic (exact) mass is 405 g/mol. The van der Waals surface area contributed by atoms with Gasteiger partial charge in [-0.2, -0.15) is 4.98 Å². The lowest BCUT2D eigenvalue weighted by Crippen LogP contribution is -2.14. The van der Waals surface area contributed by atoms with Crippen LogP contribution in [0.4, 0.5) is 5.82 Å². The number of nitrogens with zero attached hydrogens (tertiary/aromatic N) is 3. The molecule has 11 heteroatoms. The molecule has 1 aromatic carbocycles. The van der Waals surface area contributed by atoms with Crippen LogP contribution in [0.2, 0.25) is 0 Å². The molecule has 3 N–H and O–H groups in total. The number of esters is 1. The Morgan fingerprint density at radius 1 is 1.25 bits per heavy atom. The third-order valence-electron chi connectivity index (χ3n) is 3.92. The van der Waals surface area contributed by atoms with Gasteiger partial charge in [0.1, 0.15) is 11.2 Å². The van der Waals surface area contributed by atoms with E-state index in [9.17, 15) is 13.2 Å². The summed E-state index contributed by atoms with van der Waals surface area (Å²) in [4.78, 5) is 20.3. The second-order valence-electron chi connectivity index (χ2n) is 5.93. The SMILES string of the molecule is CCOC(=O)c1nc(NCCc2ccc(S(N)(=O)=O)cc2)c2c(C)noc2n1. The fraction of sp³-hybridized carbons (Fsp3) is 0.294. The summed E-state index contributed by atoms with van der Waals surface area (Å²) in [7, 11) is -3.72. The molecular weight excluding hydrogens is 386 g/mol. The third kappa shape index (κ3) is 4.26. The molecule has 0 atom stereocenters. The minimum atomic E-state index is -3.72. The first-order valence-electron chi connectivity index (χ1n) is 8.46. The van der Waals surface area contributed by atoms with Crippen LogP contribution in [0, 0.1) is 6.92 Å². The second kappa shape index (κ2) is 7.90. The number of carbonyl (C=O) groups excluding carboxylic acids is 1. The zero-order chi connectivity index (χ0) is 20.3. The van der Waals surface area contributed by atoms with Gasteiger partial charge in [-0.3, -0.25) is 0 Å². The lowest BCUT2D eigenvalue weighted by Gasteiger charge is -2.09. The number of anilines is 1. The first-order chi connectivity index (χ1) is 13.3. The highest BCUT2D eigenvalue weighted by atomic mass is 32.2. The van der Waals surface area contributed by atoms with Gasteiger partial charge in [0.05, 0.1) is 17.2 Å². The van der Waals surface area contributed by atoms with Crippen LogP contribution in [0.25, 0.3) is 11.1 Å². The van der Waals surface area contributed by atoms with Gasteiger partial charge in [0.15, 0.2) is 0 Å². The molecule has 0 fully saturated rings. The summed E-state index contributed by atoms with van der Waals surface area (Å²) in [5, 5.41) is 12.7. The van der Waals surface area contributed by atoms with Crippen molar-refractivity contribution >= 4 is 32.9 Å². The molecule has 0 unspecified atom stereocenters. The van der Waals surface area contributed by atoms with Crippen molar-refractivity contribution < 1.29 is 22.5 Å². The highest BCUT2D eigenvalue weighted by Gasteiger charge is 2.19. The van der Waals surface area contributed by atoms with Gasteiger partial charge in [0, 0.05) is 6.54 Å². The van der Waals surface area contributed by atoms with Crippen LogP contribution >= 0.6 is 0 Å². The van der Waals surface area contributed by atoms with Crippen molar-refractivity contribution in [1.29, 1.82) is 0 Å². The van der Waals surface area contributed by atoms with E-state index in [0.717, 1.165) is 5.56 Å². The zero-order valence-electron chi connectivity index (χ0n) is 15.3. The van der Waals surface area contributed by atoms with Gasteiger partial charge < -0.3 is 14.6 Å². The fourth-order valence-corrected chi connectivity index (χ4v) is 3.09. The van der Waals surface area contributed by atoms with E-state index in [-0.39, 0.29) is 23.0 Å². The molecule has 0 aliphatic rings. The molecule has 0 amide bonds. The second-order valence-corrected chi connectivity index (χ2v) is 7.49. The number of nitrogens with one attached hydrogen (secondary N) is 1. The molecule has 0 saturated carbocycles. The number of benzene rings is 1. The van der Waals surface area contributed by atoms with Gasteiger partial charge in [-0.05, 0) is 38.0 Å². The Balaban J connectivity index is 1.78. The molecule has 2 heterocycles. The molecule has 0 saturated heterocycles. The summed E-state index contributed by atoms with van der Waals surface area (Å²) in [6.07, 6.45) is 0.579. The number of nitrogens with two attached hydrogens (primary N) is 1. The zero-order valence-corrected chi connectivity index (χ0v) is 16.1. The van der Waals surface area contributed by atoms with Crippen LogP contribution in [-0.2, 0) is 21.2 Å². The van der Waals surface area contributed by atoms with Gasteiger partial charge >= 0.3 is 5.97 Å². The molecule has 0 radical (unpaired) electrons. The number of ether oxygens (including phenoxy) is 1. The Labute approximate surface area is 161 Å². The van der Waals surface area contributed by atoms with E-state index in [4.69, 9.17) is 14.4 Å². The number of aryl methyl sites for hydroxylation is 1. The predicted octanol–water partition coefficient (Wildman–Crippen LogP) is 1.40. The number of rotatable bonds is 7. The molecule has 28 heavy (non-hydrogen) atoms. The molecular formula is C17H19N5O5S. The number of fused-ring (bicyclic) bond motifs is 1. The highest BCUT2D eigenvalue weighted by Crippen LogP contribution is 2.24. The van der Waals surface area contributed by atoms with Crippen LogP contribution in [0.3, 0.4) is 0 Å². The number of hydrogen-bond acceptors (Lipinski definition) is 9. The molecule has 0 bridgehead atoms. The van der Waals surface area contributed by atoms with Crippen molar-refractivity contribution in [2.24, 2.45) is 5.14 Å². The van der Waals surface area contributed by atoms with Crippen LogP contribution in [0.5, 0.6) is 0 Å². The number of carbonyl (C=O) groups is 1. The first-order valence-corrected chi connectivity index (χ1v) is 10.0. The standard InChI is InChI=1S/C17H19N5O5S/c1-3-26-17(23)15-20-14(13-10(2)22-27-16(13)21-15)19-9-8-11-4-6-12(7-5-11)28(18,24)25/h4-7H,3,8-9H2,1-2H3,(H2,18,24,25)(H,19,20,21). The average molecular weight is 405 g/mol. The van der Waals surface area contributed by atoms with Crippen molar-refractivity contribution in [2.45, 2.75) is 25.2 Å². The van der Waals surface area contributed by atoms with Gasteiger partial charge in [-0.15, -0.1) is 0 Å². The van der Waals surface area contributed by atoms with Crippen molar-refractivity contribution in [3.63, 3.8) is 0 Å². The Morgan fingerprint density at radius 2 is 1.96 bits per heavy atom. The van der Waals surface area contributed by atoms with Gasteiger partial charge in [-0.1, -0.05) is 17.3 Å². The van der Waals surface area contributed by atoms with Crippen molar-refractivity contribution in [1.82, 2.24) is 15.1 Å². The molecule has 3 aromatic rings. The molecule has 0 aliphatic carbocycles. The number of primary sulfonamides is 1. The molecule has 2 aromatic heterocycles. The van der Waals surface area contributed by atoms with Gasteiger partial charge in [-0.25, -0.2) is 23.3 Å². The summed E-state index contributed by atoms with van der Waals surface area (Å²) in [6, 6.07) is 6.28. The average Bonchev–Trinajstić information content (AvgIpc) is 3.03. The van der Waals surface area contributed by atoms with Crippen molar-refractivity contribution in [3.05, 3.63) is 41.3 Å². The first kappa shape index (κ1) is 19.7. The Morgan fingerprint density at radius 3 is 2.61 bits per heavy atom. The van der Waals surface area contributed by atoms with E-state index in [1.807, 2.05) is 0 Å². The Hall–Kier alpha value is -3.05. The molecule has 148 valence electrons. The van der Waals surface area contributed by atoms with E-state index in [1.165, 1.54) is 12.1 Å². The Kier molecular flexibility index (Phi) is 5.56. The Bertz CT molecular complexity index is 1110. The highest BCUT2D eigenvalue weighted by molar-refractivity contribution is 7.89. The number of hydrogen-bond donors (Lipinski definition) is 2. The van der Waals surface area contributed by atoms with Crippen LogP contribution < -0.4 is 10.5 Å². The van der Waals surface area contributed by atoms with Crippen LogP contribution in [0.15, 0.2) is 33.7 Å². The topological polar surface area (TPSA) is 150 Å². The lowest BCUT2D eigenvalue weighted by atomic mass is 10.1. The quantitative estimate of drug-likeness (QED) is 0.556. The number of aromatic nitrogens is 3. The summed E-state index contributed by atoms with van der Waals surface area (Å²) < 4.78 is 32.7. The summed E-state index contributed by atoms with van der Waals surface area (Å²) in [6.45, 7) is 4.10. The smallest absolute Gasteiger partial charge is 0.376 e.